The van der Waals surface area contributed by atoms with Crippen molar-refractivity contribution < 1.29 is 4.79 Å². The molecule has 0 radical (unpaired) electrons. The third kappa shape index (κ3) is 4.82. The van der Waals surface area contributed by atoms with Gasteiger partial charge in [-0.05, 0) is 70.0 Å². The summed E-state index contributed by atoms with van der Waals surface area (Å²) in [6.07, 6.45) is 5.10. The quantitative estimate of drug-likeness (QED) is 0.783. The van der Waals surface area contributed by atoms with Gasteiger partial charge in [0.15, 0.2) is 0 Å². The zero-order chi connectivity index (χ0) is 15.9. The minimum Gasteiger partial charge on any atom is -0.339 e. The van der Waals surface area contributed by atoms with E-state index in [1.807, 2.05) is 29.2 Å². The van der Waals surface area contributed by atoms with Crippen molar-refractivity contribution in [2.45, 2.75) is 45.6 Å². The summed E-state index contributed by atoms with van der Waals surface area (Å²) in [5.41, 5.74) is 0.787. The molecule has 2 aliphatic heterocycles. The maximum atomic E-state index is 11.9. The monoisotopic (exact) mass is 366 g/mol. The number of hydrogen-bond acceptors (Lipinski definition) is 2. The number of halogens is 1. The van der Waals surface area contributed by atoms with Crippen LogP contribution in [0.3, 0.4) is 0 Å². The van der Waals surface area contributed by atoms with Crippen LogP contribution in [0.4, 0.5) is 0 Å². The Bertz CT molecular complexity index is 468. The lowest BCUT2D eigenvalue weighted by Gasteiger charge is -2.17. The lowest BCUT2D eigenvalue weighted by Crippen LogP contribution is -2.27. The summed E-state index contributed by atoms with van der Waals surface area (Å²) in [6, 6.07) is 8.40. The van der Waals surface area contributed by atoms with Crippen molar-refractivity contribution in [3.05, 3.63) is 34.3 Å². The number of hydrogen-bond donors (Lipinski definition) is 0. The second kappa shape index (κ2) is 8.68. The number of rotatable bonds is 2. The Kier molecular flexibility index (Phi) is 6.90. The van der Waals surface area contributed by atoms with Crippen LogP contribution in [-0.2, 0) is 0 Å². The Morgan fingerprint density at radius 3 is 2.23 bits per heavy atom. The topological polar surface area (TPSA) is 23.6 Å². The molecule has 22 heavy (non-hydrogen) atoms. The number of amides is 1. The van der Waals surface area contributed by atoms with Gasteiger partial charge < -0.3 is 9.80 Å². The van der Waals surface area contributed by atoms with Crippen molar-refractivity contribution in [2.24, 2.45) is 0 Å². The van der Waals surface area contributed by atoms with Crippen molar-refractivity contribution in [1.82, 2.24) is 9.80 Å². The van der Waals surface area contributed by atoms with Crippen LogP contribution in [0.25, 0.3) is 0 Å². The fraction of sp³-hybridized carbons (Fsp3) is 0.611. The second-order valence-corrected chi connectivity index (χ2v) is 7.04. The molecule has 0 bridgehead atoms. The molecule has 1 aromatic rings. The molecule has 1 amide bonds. The van der Waals surface area contributed by atoms with Crippen LogP contribution in [0, 0.1) is 0 Å². The van der Waals surface area contributed by atoms with Crippen LogP contribution in [0.1, 0.15) is 49.9 Å². The summed E-state index contributed by atoms with van der Waals surface area (Å²) in [4.78, 5) is 16.3. The molecular formula is C18H27BrN2O. The molecule has 3 rings (SSSR count). The molecule has 0 spiro atoms. The zero-order valence-electron chi connectivity index (χ0n) is 13.7. The van der Waals surface area contributed by atoms with E-state index in [1.54, 1.807) is 0 Å². The largest absolute Gasteiger partial charge is 0.339 e. The lowest BCUT2D eigenvalue weighted by molar-refractivity contribution is 0.0793. The van der Waals surface area contributed by atoms with Gasteiger partial charge >= 0.3 is 0 Å². The van der Waals surface area contributed by atoms with Gasteiger partial charge in [-0.15, -0.1) is 0 Å². The summed E-state index contributed by atoms with van der Waals surface area (Å²) >= 11 is 3.35. The predicted molar refractivity (Wildman–Crippen MR) is 95.2 cm³/mol. The molecule has 0 aliphatic carbocycles. The smallest absolute Gasteiger partial charge is 0.253 e. The Morgan fingerprint density at radius 1 is 1.14 bits per heavy atom. The first-order chi connectivity index (χ1) is 10.6. The third-order valence-corrected chi connectivity index (χ3v) is 5.11. The van der Waals surface area contributed by atoms with Crippen LogP contribution in [0.5, 0.6) is 0 Å². The minimum atomic E-state index is 0.162. The van der Waals surface area contributed by atoms with Crippen molar-refractivity contribution >= 4 is 21.8 Å². The molecule has 2 fully saturated rings. The predicted octanol–water partition coefficient (Wildman–Crippen LogP) is 4.18. The van der Waals surface area contributed by atoms with E-state index < -0.39 is 0 Å². The van der Waals surface area contributed by atoms with Crippen LogP contribution in [0.15, 0.2) is 28.7 Å². The lowest BCUT2D eigenvalue weighted by atomic mass is 10.2. The van der Waals surface area contributed by atoms with Gasteiger partial charge in [-0.3, -0.25) is 4.79 Å². The van der Waals surface area contributed by atoms with E-state index in [0.717, 1.165) is 42.0 Å². The van der Waals surface area contributed by atoms with Gasteiger partial charge in [-0.25, -0.2) is 0 Å². The summed E-state index contributed by atoms with van der Waals surface area (Å²) in [7, 11) is 0. The number of likely N-dealkylation sites (tertiary alicyclic amines) is 2. The van der Waals surface area contributed by atoms with Gasteiger partial charge in [-0.2, -0.15) is 0 Å². The molecule has 1 atom stereocenters. The molecular weight excluding hydrogens is 340 g/mol. The molecule has 2 aliphatic rings. The molecule has 2 heterocycles. The highest BCUT2D eigenvalue weighted by Gasteiger charge is 2.19. The van der Waals surface area contributed by atoms with E-state index in [4.69, 9.17) is 0 Å². The first-order valence-electron chi connectivity index (χ1n) is 8.40. The van der Waals surface area contributed by atoms with Gasteiger partial charge in [0.2, 0.25) is 0 Å². The number of carbonyl (C=O) groups excluding carboxylic acids is 1. The van der Waals surface area contributed by atoms with Gasteiger partial charge in [0.25, 0.3) is 5.91 Å². The normalized spacial score (nSPS) is 21.6. The van der Waals surface area contributed by atoms with E-state index in [-0.39, 0.29) is 5.91 Å². The summed E-state index contributed by atoms with van der Waals surface area (Å²) < 4.78 is 1.01. The minimum absolute atomic E-state index is 0.162. The molecule has 0 N–H and O–H groups in total. The second-order valence-electron chi connectivity index (χ2n) is 6.13. The molecule has 2 saturated heterocycles. The van der Waals surface area contributed by atoms with Crippen LogP contribution in [0.2, 0.25) is 0 Å². The summed E-state index contributed by atoms with van der Waals surface area (Å²) in [5, 5.41) is 0. The Labute approximate surface area is 142 Å². The Morgan fingerprint density at radius 2 is 1.77 bits per heavy atom. The summed E-state index contributed by atoms with van der Waals surface area (Å²) in [6.45, 7) is 8.95. The van der Waals surface area contributed by atoms with E-state index in [2.05, 4.69) is 34.7 Å². The average molecular weight is 367 g/mol. The van der Waals surface area contributed by atoms with Crippen LogP contribution in [-0.4, -0.2) is 47.9 Å². The highest BCUT2D eigenvalue weighted by molar-refractivity contribution is 9.10. The standard InChI is InChI=1S/C11H12BrNO.C7H15N/c12-10-5-3-9(4-6-10)11(14)13-7-1-2-8-13;1-3-8-6-4-5-7(8)2/h3-6H,1-2,7-8H2;7H,3-6H2,1-2H3/t;7-/m.1/s1. The maximum absolute atomic E-state index is 11.9. The maximum Gasteiger partial charge on any atom is 0.253 e. The van der Waals surface area contributed by atoms with Gasteiger partial charge in [-0.1, -0.05) is 22.9 Å². The molecule has 122 valence electrons. The van der Waals surface area contributed by atoms with E-state index >= 15 is 0 Å². The molecule has 1 aromatic carbocycles. The average Bonchev–Trinajstić information content (AvgIpc) is 3.19. The van der Waals surface area contributed by atoms with Crippen molar-refractivity contribution in [1.29, 1.82) is 0 Å². The summed E-state index contributed by atoms with van der Waals surface area (Å²) in [5.74, 6) is 0.162. The third-order valence-electron chi connectivity index (χ3n) is 4.58. The number of nitrogens with zero attached hydrogens (tertiary/aromatic N) is 2. The number of benzene rings is 1. The Balaban J connectivity index is 0.000000188. The zero-order valence-corrected chi connectivity index (χ0v) is 15.3. The first kappa shape index (κ1) is 17.5. The van der Waals surface area contributed by atoms with E-state index in [1.165, 1.54) is 25.9 Å². The molecule has 0 unspecified atom stereocenters. The van der Waals surface area contributed by atoms with E-state index in [9.17, 15) is 4.79 Å². The van der Waals surface area contributed by atoms with Crippen molar-refractivity contribution in [2.75, 3.05) is 26.2 Å². The van der Waals surface area contributed by atoms with Gasteiger partial charge in [0.05, 0.1) is 0 Å². The number of carbonyl (C=O) groups is 1. The molecule has 3 nitrogen and oxygen atoms in total. The molecule has 4 heteroatoms. The first-order valence-corrected chi connectivity index (χ1v) is 9.20. The fourth-order valence-corrected chi connectivity index (χ4v) is 3.42. The van der Waals surface area contributed by atoms with Gasteiger partial charge in [0, 0.05) is 29.2 Å². The van der Waals surface area contributed by atoms with Crippen LogP contribution >= 0.6 is 15.9 Å². The van der Waals surface area contributed by atoms with Gasteiger partial charge in [0.1, 0.15) is 0 Å². The SMILES string of the molecule is CCN1CCC[C@H]1C.O=C(c1ccc(Br)cc1)N1CCCC1. The Hall–Kier alpha value is -0.870. The molecule has 0 saturated carbocycles. The highest BCUT2D eigenvalue weighted by atomic mass is 79.9. The fourth-order valence-electron chi connectivity index (χ4n) is 3.16. The highest BCUT2D eigenvalue weighted by Crippen LogP contribution is 2.16. The van der Waals surface area contributed by atoms with E-state index in [0.29, 0.717) is 0 Å². The molecule has 0 aromatic heterocycles. The van der Waals surface area contributed by atoms with Crippen molar-refractivity contribution in [3.8, 4) is 0 Å². The van der Waals surface area contributed by atoms with Crippen LogP contribution < -0.4 is 0 Å². The van der Waals surface area contributed by atoms with Crippen molar-refractivity contribution in [3.63, 3.8) is 0 Å².